The molecule has 0 aliphatic carbocycles. The van der Waals surface area contributed by atoms with Crippen LogP contribution in [-0.2, 0) is 19.1 Å². The van der Waals surface area contributed by atoms with E-state index in [0.29, 0.717) is 0 Å². The number of rotatable bonds is 6. The molecule has 18 heavy (non-hydrogen) atoms. The molecule has 0 radical (unpaired) electrons. The molecule has 5 heteroatoms. The lowest BCUT2D eigenvalue weighted by molar-refractivity contribution is -0.143. The molecular weight excluding hydrogens is 236 g/mol. The summed E-state index contributed by atoms with van der Waals surface area (Å²) in [6, 6.07) is 0. The first-order chi connectivity index (χ1) is 8.60. The molecule has 1 unspecified atom stereocenters. The van der Waals surface area contributed by atoms with Gasteiger partial charge in [-0.15, -0.1) is 0 Å². The number of aliphatic hydroxyl groups is 1. The highest BCUT2D eigenvalue weighted by molar-refractivity contribution is 5.99. The average Bonchev–Trinajstić information content (AvgIpc) is 2.70. The molecule has 102 valence electrons. The third-order valence-electron chi connectivity index (χ3n) is 2.84. The van der Waals surface area contributed by atoms with Crippen molar-refractivity contribution in [1.29, 1.82) is 0 Å². The van der Waals surface area contributed by atoms with Gasteiger partial charge in [0, 0.05) is 6.42 Å². The molecule has 0 aromatic carbocycles. The van der Waals surface area contributed by atoms with Crippen molar-refractivity contribution in [3.8, 4) is 0 Å². The molecule has 0 spiro atoms. The fourth-order valence-electron chi connectivity index (χ4n) is 1.87. The molecule has 0 aromatic rings. The quantitative estimate of drug-likeness (QED) is 0.341. The molecule has 1 aliphatic rings. The second-order valence-corrected chi connectivity index (χ2v) is 4.27. The number of carbonyl (C=O) groups is 2. The Hall–Kier alpha value is -1.52. The van der Waals surface area contributed by atoms with Gasteiger partial charge in [0.15, 0.2) is 0 Å². The number of unbranched alkanes of at least 4 members (excludes halogenated alkanes) is 2. The van der Waals surface area contributed by atoms with Crippen LogP contribution in [0.15, 0.2) is 11.3 Å². The maximum Gasteiger partial charge on any atom is 0.373 e. The molecule has 0 aromatic heterocycles. The Bertz CT molecular complexity index is 345. The highest BCUT2D eigenvalue weighted by Gasteiger charge is 2.33. The van der Waals surface area contributed by atoms with Crippen LogP contribution in [0.3, 0.4) is 0 Å². The van der Waals surface area contributed by atoms with Gasteiger partial charge in [-0.25, -0.2) is 9.59 Å². The van der Waals surface area contributed by atoms with E-state index < -0.39 is 17.7 Å². The Morgan fingerprint density at radius 1 is 1.44 bits per heavy atom. The zero-order chi connectivity index (χ0) is 13.5. The number of aliphatic hydroxyl groups excluding tert-OH is 1. The molecule has 1 N–H and O–H groups in total. The SMILES string of the molecule is CCCCCC1CC(=C(O)C(=O)OCC)C(=O)O1. The summed E-state index contributed by atoms with van der Waals surface area (Å²) in [7, 11) is 0. The molecule has 5 nitrogen and oxygen atoms in total. The summed E-state index contributed by atoms with van der Waals surface area (Å²) in [5.41, 5.74) is 0.0370. The van der Waals surface area contributed by atoms with Gasteiger partial charge in [-0.2, -0.15) is 0 Å². The minimum atomic E-state index is -0.862. The summed E-state index contributed by atoms with van der Waals surface area (Å²) < 4.78 is 9.75. The van der Waals surface area contributed by atoms with Crippen LogP contribution in [0.4, 0.5) is 0 Å². The first kappa shape index (κ1) is 14.5. The number of hydrogen-bond acceptors (Lipinski definition) is 5. The van der Waals surface area contributed by atoms with Gasteiger partial charge < -0.3 is 14.6 Å². The zero-order valence-corrected chi connectivity index (χ0v) is 10.9. The van der Waals surface area contributed by atoms with Gasteiger partial charge in [-0.1, -0.05) is 19.8 Å². The lowest BCUT2D eigenvalue weighted by atomic mass is 10.0. The topological polar surface area (TPSA) is 72.8 Å². The van der Waals surface area contributed by atoms with Gasteiger partial charge in [0.2, 0.25) is 5.76 Å². The van der Waals surface area contributed by atoms with Crippen LogP contribution in [0.2, 0.25) is 0 Å². The second-order valence-electron chi connectivity index (χ2n) is 4.27. The number of esters is 2. The molecule has 0 saturated carbocycles. The monoisotopic (exact) mass is 256 g/mol. The van der Waals surface area contributed by atoms with Gasteiger partial charge in [0.1, 0.15) is 6.10 Å². The normalized spacial score (nSPS) is 21.7. The minimum Gasteiger partial charge on any atom is -0.501 e. The van der Waals surface area contributed by atoms with Crippen LogP contribution in [0.5, 0.6) is 0 Å². The predicted molar refractivity (Wildman–Crippen MR) is 64.9 cm³/mol. The molecule has 1 heterocycles. The van der Waals surface area contributed by atoms with E-state index in [1.165, 1.54) is 0 Å². The molecule has 1 saturated heterocycles. The summed E-state index contributed by atoms with van der Waals surface area (Å²) in [5, 5.41) is 9.61. The smallest absolute Gasteiger partial charge is 0.373 e. The molecule has 0 bridgehead atoms. The van der Waals surface area contributed by atoms with E-state index in [0.717, 1.165) is 25.7 Å². The molecule has 1 rings (SSSR count). The molecule has 1 fully saturated rings. The van der Waals surface area contributed by atoms with E-state index in [1.807, 2.05) is 0 Å². The van der Waals surface area contributed by atoms with Crippen molar-refractivity contribution in [3.63, 3.8) is 0 Å². The first-order valence-electron chi connectivity index (χ1n) is 6.40. The Morgan fingerprint density at radius 3 is 2.78 bits per heavy atom. The zero-order valence-electron chi connectivity index (χ0n) is 10.9. The van der Waals surface area contributed by atoms with Crippen LogP contribution < -0.4 is 0 Å². The van der Waals surface area contributed by atoms with Crippen molar-refractivity contribution in [3.05, 3.63) is 11.3 Å². The number of ether oxygens (including phenoxy) is 2. The Labute approximate surface area is 107 Å². The van der Waals surface area contributed by atoms with Crippen molar-refractivity contribution >= 4 is 11.9 Å². The summed E-state index contributed by atoms with van der Waals surface area (Å²) in [5.74, 6) is -2.08. The standard InChI is InChI=1S/C13H20O5/c1-3-5-6-7-9-8-10(12(15)18-9)11(14)13(16)17-4-2/h9,14H,3-8H2,1-2H3. The van der Waals surface area contributed by atoms with Crippen molar-refractivity contribution in [1.82, 2.24) is 0 Å². The molecule has 1 atom stereocenters. The van der Waals surface area contributed by atoms with Crippen LogP contribution in [0.1, 0.15) is 46.0 Å². The summed E-state index contributed by atoms with van der Waals surface area (Å²) in [6.07, 6.45) is 3.97. The fourth-order valence-corrected chi connectivity index (χ4v) is 1.87. The summed E-state index contributed by atoms with van der Waals surface area (Å²) in [6.45, 7) is 3.89. The maximum absolute atomic E-state index is 11.5. The van der Waals surface area contributed by atoms with E-state index >= 15 is 0 Å². The maximum atomic E-state index is 11.5. The second kappa shape index (κ2) is 7.03. The average molecular weight is 256 g/mol. The van der Waals surface area contributed by atoms with E-state index in [9.17, 15) is 14.7 Å². The first-order valence-corrected chi connectivity index (χ1v) is 6.40. The van der Waals surface area contributed by atoms with Gasteiger partial charge in [-0.3, -0.25) is 0 Å². The molecular formula is C13H20O5. The van der Waals surface area contributed by atoms with E-state index in [4.69, 9.17) is 4.74 Å². The predicted octanol–water partition coefficient (Wildman–Crippen LogP) is 2.26. The minimum absolute atomic E-state index is 0.0370. The summed E-state index contributed by atoms with van der Waals surface area (Å²) in [4.78, 5) is 22.8. The van der Waals surface area contributed by atoms with Crippen LogP contribution >= 0.6 is 0 Å². The van der Waals surface area contributed by atoms with Gasteiger partial charge in [-0.05, 0) is 19.8 Å². The van der Waals surface area contributed by atoms with Crippen LogP contribution in [0, 0.1) is 0 Å². The van der Waals surface area contributed by atoms with Crippen molar-refractivity contribution < 1.29 is 24.2 Å². The number of cyclic esters (lactones) is 1. The van der Waals surface area contributed by atoms with Crippen molar-refractivity contribution in [2.45, 2.75) is 52.1 Å². The van der Waals surface area contributed by atoms with Crippen LogP contribution in [-0.4, -0.2) is 29.8 Å². The van der Waals surface area contributed by atoms with Crippen molar-refractivity contribution in [2.75, 3.05) is 6.61 Å². The summed E-state index contributed by atoms with van der Waals surface area (Å²) >= 11 is 0. The largest absolute Gasteiger partial charge is 0.501 e. The third kappa shape index (κ3) is 3.75. The highest BCUT2D eigenvalue weighted by Crippen LogP contribution is 2.26. The Morgan fingerprint density at radius 2 is 2.17 bits per heavy atom. The molecule has 0 amide bonds. The Balaban J connectivity index is 2.60. The van der Waals surface area contributed by atoms with E-state index in [1.54, 1.807) is 6.92 Å². The van der Waals surface area contributed by atoms with Crippen LogP contribution in [0.25, 0.3) is 0 Å². The Kier molecular flexibility index (Phi) is 5.68. The lowest BCUT2D eigenvalue weighted by Crippen LogP contribution is -2.11. The lowest BCUT2D eigenvalue weighted by Gasteiger charge is -2.06. The molecule has 1 aliphatic heterocycles. The van der Waals surface area contributed by atoms with E-state index in [2.05, 4.69) is 11.7 Å². The highest BCUT2D eigenvalue weighted by atomic mass is 16.6. The van der Waals surface area contributed by atoms with Gasteiger partial charge in [0.25, 0.3) is 0 Å². The van der Waals surface area contributed by atoms with Gasteiger partial charge >= 0.3 is 11.9 Å². The van der Waals surface area contributed by atoms with Crippen molar-refractivity contribution in [2.24, 2.45) is 0 Å². The van der Waals surface area contributed by atoms with Gasteiger partial charge in [0.05, 0.1) is 12.2 Å². The number of hydrogen-bond donors (Lipinski definition) is 1. The fraction of sp³-hybridized carbons (Fsp3) is 0.692. The van der Waals surface area contributed by atoms with E-state index in [-0.39, 0.29) is 24.7 Å². The number of carbonyl (C=O) groups excluding carboxylic acids is 2. The third-order valence-corrected chi connectivity index (χ3v) is 2.84.